The van der Waals surface area contributed by atoms with Gasteiger partial charge in [-0.1, -0.05) is 18.2 Å². The molecule has 0 spiro atoms. The van der Waals surface area contributed by atoms with Crippen LogP contribution in [0, 0.1) is 0 Å². The van der Waals surface area contributed by atoms with Gasteiger partial charge in [0.05, 0.1) is 5.75 Å². The lowest BCUT2D eigenvalue weighted by atomic mass is 10.2. The Kier molecular flexibility index (Phi) is 7.28. The van der Waals surface area contributed by atoms with E-state index in [0.717, 1.165) is 30.8 Å². The number of likely N-dealkylation sites (N-methyl/N-ethyl adjacent to an activating group) is 1. The maximum Gasteiger partial charge on any atom is 0.233 e. The molecule has 19 heavy (non-hydrogen) atoms. The molecule has 1 aliphatic heterocycles. The Hall–Kier alpha value is -0.710. The molecule has 1 unspecified atom stereocenters. The van der Waals surface area contributed by atoms with Crippen LogP contribution in [0.3, 0.4) is 0 Å². The highest BCUT2D eigenvalue weighted by molar-refractivity contribution is 8.00. The highest BCUT2D eigenvalue weighted by Crippen LogP contribution is 2.21. The third-order valence-corrected chi connectivity index (χ3v) is 4.24. The summed E-state index contributed by atoms with van der Waals surface area (Å²) in [5.74, 6) is 0.811. The van der Waals surface area contributed by atoms with Gasteiger partial charge in [0, 0.05) is 24.0 Å². The first-order chi connectivity index (χ1) is 8.81. The molecule has 0 aromatic heterocycles. The van der Waals surface area contributed by atoms with Gasteiger partial charge in [-0.05, 0) is 32.0 Å². The van der Waals surface area contributed by atoms with Gasteiger partial charge >= 0.3 is 0 Å². The van der Waals surface area contributed by atoms with Crippen LogP contribution in [0.2, 0.25) is 0 Å². The summed E-state index contributed by atoms with van der Waals surface area (Å²) in [5, 5.41) is 3.17. The maximum atomic E-state index is 12.2. The van der Waals surface area contributed by atoms with Crippen molar-refractivity contribution in [2.75, 3.05) is 25.9 Å². The molecule has 1 aromatic carbocycles. The third-order valence-electron chi connectivity index (χ3n) is 3.24. The number of nitrogens with one attached hydrogen (secondary N) is 1. The molecule has 1 N–H and O–H groups in total. The number of amides is 1. The highest BCUT2D eigenvalue weighted by atomic mass is 35.5. The standard InChI is InChI=1S/C14H20N2OS.ClH/c1-15-10-12-6-5-9-16(12)14(17)11-18-13-7-3-2-4-8-13;/h2-4,7-8,12,15H,5-6,9-11H2,1H3;1H. The third kappa shape index (κ3) is 4.71. The summed E-state index contributed by atoms with van der Waals surface area (Å²) >= 11 is 1.62. The summed E-state index contributed by atoms with van der Waals surface area (Å²) in [7, 11) is 1.94. The van der Waals surface area contributed by atoms with E-state index < -0.39 is 0 Å². The van der Waals surface area contributed by atoms with Crippen molar-refractivity contribution in [3.8, 4) is 0 Å². The minimum atomic E-state index is 0. The lowest BCUT2D eigenvalue weighted by Gasteiger charge is -2.24. The van der Waals surface area contributed by atoms with Crippen molar-refractivity contribution in [3.63, 3.8) is 0 Å². The average Bonchev–Trinajstić information content (AvgIpc) is 2.86. The van der Waals surface area contributed by atoms with Crippen molar-refractivity contribution < 1.29 is 4.79 Å². The fraction of sp³-hybridized carbons (Fsp3) is 0.500. The van der Waals surface area contributed by atoms with E-state index >= 15 is 0 Å². The van der Waals surface area contributed by atoms with Crippen molar-refractivity contribution in [3.05, 3.63) is 30.3 Å². The number of rotatable bonds is 5. The maximum absolute atomic E-state index is 12.2. The van der Waals surface area contributed by atoms with Crippen molar-refractivity contribution in [1.29, 1.82) is 0 Å². The van der Waals surface area contributed by atoms with Gasteiger partial charge < -0.3 is 10.2 Å². The summed E-state index contributed by atoms with van der Waals surface area (Å²) in [6.45, 7) is 1.82. The van der Waals surface area contributed by atoms with E-state index in [1.54, 1.807) is 11.8 Å². The topological polar surface area (TPSA) is 32.3 Å². The quantitative estimate of drug-likeness (QED) is 0.848. The number of carbonyl (C=O) groups excluding carboxylic acids is 1. The first-order valence-corrected chi connectivity index (χ1v) is 7.41. The van der Waals surface area contributed by atoms with Crippen molar-refractivity contribution in [2.45, 2.75) is 23.8 Å². The number of hydrogen-bond donors (Lipinski definition) is 1. The van der Waals surface area contributed by atoms with Gasteiger partial charge in [-0.3, -0.25) is 4.79 Å². The molecule has 1 aromatic rings. The molecule has 0 saturated carbocycles. The molecule has 3 nitrogen and oxygen atoms in total. The largest absolute Gasteiger partial charge is 0.338 e. The SMILES string of the molecule is CNCC1CCCN1C(=O)CSc1ccccc1.Cl. The number of likely N-dealkylation sites (tertiary alicyclic amines) is 1. The zero-order chi connectivity index (χ0) is 12.8. The number of hydrogen-bond acceptors (Lipinski definition) is 3. The zero-order valence-electron chi connectivity index (χ0n) is 11.2. The van der Waals surface area contributed by atoms with Gasteiger partial charge in [-0.2, -0.15) is 0 Å². The Morgan fingerprint density at radius 3 is 2.84 bits per heavy atom. The molecule has 1 saturated heterocycles. The molecule has 5 heteroatoms. The summed E-state index contributed by atoms with van der Waals surface area (Å²) in [4.78, 5) is 15.4. The lowest BCUT2D eigenvalue weighted by molar-refractivity contribution is -0.129. The molecule has 0 bridgehead atoms. The summed E-state index contributed by atoms with van der Waals surface area (Å²) in [6, 6.07) is 10.5. The Morgan fingerprint density at radius 2 is 2.16 bits per heavy atom. The molecule has 0 aliphatic carbocycles. The van der Waals surface area contributed by atoms with E-state index in [1.807, 2.05) is 42.3 Å². The smallest absolute Gasteiger partial charge is 0.233 e. The Bertz CT molecular complexity index is 388. The van der Waals surface area contributed by atoms with E-state index in [4.69, 9.17) is 0 Å². The summed E-state index contributed by atoms with van der Waals surface area (Å²) < 4.78 is 0. The van der Waals surface area contributed by atoms with Crippen LogP contribution in [0.1, 0.15) is 12.8 Å². The van der Waals surface area contributed by atoms with Crippen LogP contribution in [0.4, 0.5) is 0 Å². The number of carbonyl (C=O) groups is 1. The number of thioether (sulfide) groups is 1. The minimum Gasteiger partial charge on any atom is -0.338 e. The molecule has 2 rings (SSSR count). The molecule has 1 aliphatic rings. The van der Waals surface area contributed by atoms with Crippen molar-refractivity contribution in [2.24, 2.45) is 0 Å². The van der Waals surface area contributed by atoms with Crippen molar-refractivity contribution >= 4 is 30.1 Å². The second-order valence-electron chi connectivity index (χ2n) is 4.54. The monoisotopic (exact) mass is 300 g/mol. The molecule has 1 atom stereocenters. The van der Waals surface area contributed by atoms with Crippen molar-refractivity contribution in [1.82, 2.24) is 10.2 Å². The van der Waals surface area contributed by atoms with Crippen LogP contribution in [-0.4, -0.2) is 42.7 Å². The first kappa shape index (κ1) is 16.3. The second-order valence-corrected chi connectivity index (χ2v) is 5.59. The molecule has 1 amide bonds. The van der Waals surface area contributed by atoms with Gasteiger partial charge in [0.2, 0.25) is 5.91 Å². The molecular formula is C14H21ClN2OS. The molecule has 1 fully saturated rings. The normalized spacial score (nSPS) is 18.2. The fourth-order valence-electron chi connectivity index (χ4n) is 2.36. The fourth-order valence-corrected chi connectivity index (χ4v) is 3.16. The van der Waals surface area contributed by atoms with Crippen LogP contribution in [0.25, 0.3) is 0 Å². The Labute approximate surface area is 125 Å². The number of benzene rings is 1. The Morgan fingerprint density at radius 1 is 1.42 bits per heavy atom. The average molecular weight is 301 g/mol. The van der Waals surface area contributed by atoms with Crippen LogP contribution >= 0.6 is 24.2 Å². The van der Waals surface area contributed by atoms with Crippen LogP contribution in [0.5, 0.6) is 0 Å². The molecular weight excluding hydrogens is 280 g/mol. The van der Waals surface area contributed by atoms with Gasteiger partial charge in [0.25, 0.3) is 0 Å². The van der Waals surface area contributed by atoms with E-state index in [1.165, 1.54) is 0 Å². The van der Waals surface area contributed by atoms with Crippen LogP contribution in [-0.2, 0) is 4.79 Å². The van der Waals surface area contributed by atoms with Crippen LogP contribution < -0.4 is 5.32 Å². The summed E-state index contributed by atoms with van der Waals surface area (Å²) in [6.07, 6.45) is 2.26. The predicted molar refractivity (Wildman–Crippen MR) is 83.1 cm³/mol. The van der Waals surface area contributed by atoms with E-state index in [-0.39, 0.29) is 18.3 Å². The van der Waals surface area contributed by atoms with Crippen LogP contribution in [0.15, 0.2) is 35.2 Å². The van der Waals surface area contributed by atoms with Gasteiger partial charge in [-0.25, -0.2) is 0 Å². The first-order valence-electron chi connectivity index (χ1n) is 6.43. The van der Waals surface area contributed by atoms with Gasteiger partial charge in [0.1, 0.15) is 0 Å². The predicted octanol–water partition coefficient (Wildman–Crippen LogP) is 2.41. The van der Waals surface area contributed by atoms with E-state index in [9.17, 15) is 4.79 Å². The summed E-state index contributed by atoms with van der Waals surface area (Å²) in [5.41, 5.74) is 0. The van der Waals surface area contributed by atoms with Gasteiger partial charge in [0.15, 0.2) is 0 Å². The second kappa shape index (κ2) is 8.46. The van der Waals surface area contributed by atoms with E-state index in [2.05, 4.69) is 5.32 Å². The molecule has 106 valence electrons. The zero-order valence-corrected chi connectivity index (χ0v) is 12.8. The number of halogens is 1. The number of nitrogens with zero attached hydrogens (tertiary/aromatic N) is 1. The minimum absolute atomic E-state index is 0. The highest BCUT2D eigenvalue weighted by Gasteiger charge is 2.27. The van der Waals surface area contributed by atoms with Gasteiger partial charge in [-0.15, -0.1) is 24.2 Å². The molecule has 0 radical (unpaired) electrons. The molecule has 1 heterocycles. The van der Waals surface area contributed by atoms with E-state index in [0.29, 0.717) is 11.8 Å². The Balaban J connectivity index is 0.00000180. The lowest BCUT2D eigenvalue weighted by Crippen LogP contribution is -2.41.